The molecule has 1 aromatic heterocycles. The van der Waals surface area contributed by atoms with Gasteiger partial charge in [-0.1, -0.05) is 11.6 Å². The molecule has 0 unspecified atom stereocenters. The van der Waals surface area contributed by atoms with E-state index in [9.17, 15) is 13.2 Å². The molecule has 0 bridgehead atoms. The maximum atomic E-state index is 13.2. The van der Waals surface area contributed by atoms with Crippen molar-refractivity contribution in [3.8, 4) is 0 Å². The van der Waals surface area contributed by atoms with Crippen LogP contribution in [0.2, 0.25) is 5.02 Å². The number of aromatic nitrogens is 2. The topological polar surface area (TPSA) is 53.1 Å². The minimum Gasteiger partial charge on any atom is -0.354 e. The monoisotopic (exact) mass is 387 g/mol. The first kappa shape index (κ1) is 20.3. The largest absolute Gasteiger partial charge is 0.418 e. The highest BCUT2D eigenvalue weighted by molar-refractivity contribution is 6.30. The molecule has 0 radical (unpaired) electrons. The molecule has 9 heteroatoms. The molecule has 0 saturated heterocycles. The number of halogens is 4. The van der Waals surface area contributed by atoms with Gasteiger partial charge in [-0.3, -0.25) is 0 Å². The maximum Gasteiger partial charge on any atom is 0.418 e. The van der Waals surface area contributed by atoms with Crippen LogP contribution in [0.3, 0.4) is 0 Å². The molecule has 0 aliphatic heterocycles. The first-order valence-electron chi connectivity index (χ1n) is 8.03. The number of alkyl halides is 3. The van der Waals surface area contributed by atoms with Gasteiger partial charge in [0.15, 0.2) is 0 Å². The minimum atomic E-state index is -4.53. The molecular formula is C17H21ClF3N5. The normalized spacial score (nSPS) is 11.7. The van der Waals surface area contributed by atoms with Crippen LogP contribution in [0.25, 0.3) is 0 Å². The number of rotatable bonds is 7. The van der Waals surface area contributed by atoms with E-state index in [1.54, 1.807) is 13.0 Å². The zero-order valence-corrected chi connectivity index (χ0v) is 15.5. The van der Waals surface area contributed by atoms with Crippen LogP contribution in [0.1, 0.15) is 17.7 Å². The Hall–Kier alpha value is -2.06. The summed E-state index contributed by atoms with van der Waals surface area (Å²) in [4.78, 5) is 10.6. The van der Waals surface area contributed by atoms with Gasteiger partial charge in [0.2, 0.25) is 5.95 Å². The second-order valence-electron chi connectivity index (χ2n) is 6.11. The van der Waals surface area contributed by atoms with Crippen LogP contribution in [0.4, 0.5) is 30.6 Å². The van der Waals surface area contributed by atoms with Crippen molar-refractivity contribution in [2.24, 2.45) is 0 Å². The zero-order valence-electron chi connectivity index (χ0n) is 14.8. The lowest BCUT2D eigenvalue weighted by atomic mass is 10.1. The molecule has 0 atom stereocenters. The van der Waals surface area contributed by atoms with Crippen LogP contribution < -0.4 is 10.6 Å². The van der Waals surface area contributed by atoms with Crippen LogP contribution in [0, 0.1) is 6.92 Å². The Balaban J connectivity index is 2.17. The lowest BCUT2D eigenvalue weighted by Gasteiger charge is -2.15. The summed E-state index contributed by atoms with van der Waals surface area (Å²) >= 11 is 5.70. The zero-order chi connectivity index (χ0) is 19.3. The molecule has 5 nitrogen and oxygen atoms in total. The lowest BCUT2D eigenvalue weighted by molar-refractivity contribution is -0.136. The van der Waals surface area contributed by atoms with Gasteiger partial charge < -0.3 is 15.5 Å². The van der Waals surface area contributed by atoms with Crippen molar-refractivity contribution >= 4 is 29.1 Å². The van der Waals surface area contributed by atoms with Crippen molar-refractivity contribution in [3.63, 3.8) is 0 Å². The van der Waals surface area contributed by atoms with E-state index in [-0.39, 0.29) is 16.5 Å². The third-order valence-electron chi connectivity index (χ3n) is 3.47. The van der Waals surface area contributed by atoms with E-state index in [2.05, 4.69) is 25.5 Å². The highest BCUT2D eigenvalue weighted by atomic mass is 35.5. The van der Waals surface area contributed by atoms with Crippen molar-refractivity contribution in [2.45, 2.75) is 19.5 Å². The fourth-order valence-electron chi connectivity index (χ4n) is 2.31. The predicted octanol–water partition coefficient (Wildman–Crippen LogP) is 4.56. The molecule has 1 heterocycles. The molecule has 0 saturated carbocycles. The summed E-state index contributed by atoms with van der Waals surface area (Å²) < 4.78 is 39.6. The standard InChI is InChI=1S/C17H21ClF3N5/c1-11-9-15(25-16(23-11)22-7-4-8-26(2)3)24-14-6-5-12(18)10-13(14)17(19,20)21/h5-6,9-10H,4,7-8H2,1-3H3,(H2,22,23,24,25). The molecule has 0 amide bonds. The van der Waals surface area contributed by atoms with Crippen molar-refractivity contribution in [3.05, 3.63) is 40.5 Å². The van der Waals surface area contributed by atoms with Gasteiger partial charge in [0, 0.05) is 23.3 Å². The third kappa shape index (κ3) is 6.03. The van der Waals surface area contributed by atoms with Gasteiger partial charge >= 0.3 is 6.18 Å². The van der Waals surface area contributed by atoms with E-state index in [0.717, 1.165) is 19.0 Å². The number of hydrogen-bond donors (Lipinski definition) is 2. The van der Waals surface area contributed by atoms with Crippen LogP contribution in [-0.4, -0.2) is 42.1 Å². The molecule has 2 N–H and O–H groups in total. The maximum absolute atomic E-state index is 13.2. The van der Waals surface area contributed by atoms with E-state index in [4.69, 9.17) is 11.6 Å². The van der Waals surface area contributed by atoms with Crippen molar-refractivity contribution < 1.29 is 13.2 Å². The van der Waals surface area contributed by atoms with Gasteiger partial charge in [-0.15, -0.1) is 0 Å². The fraction of sp³-hybridized carbons (Fsp3) is 0.412. The number of nitrogens with one attached hydrogen (secondary N) is 2. The summed E-state index contributed by atoms with van der Waals surface area (Å²) in [6, 6.07) is 5.15. The van der Waals surface area contributed by atoms with Gasteiger partial charge in [0.1, 0.15) is 5.82 Å². The quantitative estimate of drug-likeness (QED) is 0.682. The Labute approximate surface area is 155 Å². The van der Waals surface area contributed by atoms with Gasteiger partial charge in [-0.2, -0.15) is 18.2 Å². The van der Waals surface area contributed by atoms with Gasteiger partial charge in [-0.25, -0.2) is 4.98 Å². The lowest BCUT2D eigenvalue weighted by Crippen LogP contribution is -2.17. The van der Waals surface area contributed by atoms with Gasteiger partial charge in [0.05, 0.1) is 11.3 Å². The molecule has 0 aliphatic rings. The predicted molar refractivity (Wildman–Crippen MR) is 98.2 cm³/mol. The van der Waals surface area contributed by atoms with E-state index in [1.807, 2.05) is 14.1 Å². The number of aryl methyl sites for hydroxylation is 1. The van der Waals surface area contributed by atoms with E-state index >= 15 is 0 Å². The Morgan fingerprint density at radius 3 is 2.54 bits per heavy atom. The summed E-state index contributed by atoms with van der Waals surface area (Å²) in [5.74, 6) is 0.647. The number of anilines is 3. The molecule has 0 aliphatic carbocycles. The summed E-state index contributed by atoms with van der Waals surface area (Å²) in [6.07, 6.45) is -3.63. The Morgan fingerprint density at radius 1 is 1.15 bits per heavy atom. The average Bonchev–Trinajstić information content (AvgIpc) is 2.52. The molecule has 0 spiro atoms. The van der Waals surface area contributed by atoms with Crippen LogP contribution in [-0.2, 0) is 6.18 Å². The summed E-state index contributed by atoms with van der Waals surface area (Å²) in [5.41, 5.74) is -0.319. The molecule has 2 rings (SSSR count). The van der Waals surface area contributed by atoms with Gasteiger partial charge in [-0.05, 0) is 52.2 Å². The fourth-order valence-corrected chi connectivity index (χ4v) is 2.48. The highest BCUT2D eigenvalue weighted by Crippen LogP contribution is 2.37. The summed E-state index contributed by atoms with van der Waals surface area (Å²) in [6.45, 7) is 3.32. The second kappa shape index (κ2) is 8.55. The average molecular weight is 388 g/mol. The number of hydrogen-bond acceptors (Lipinski definition) is 5. The Bertz CT molecular complexity index is 750. The number of nitrogens with zero attached hydrogens (tertiary/aromatic N) is 3. The van der Waals surface area contributed by atoms with Crippen LogP contribution >= 0.6 is 11.6 Å². The number of benzene rings is 1. The van der Waals surface area contributed by atoms with Crippen molar-refractivity contribution in [2.75, 3.05) is 37.8 Å². The van der Waals surface area contributed by atoms with E-state index < -0.39 is 11.7 Å². The molecule has 1 aromatic carbocycles. The molecule has 26 heavy (non-hydrogen) atoms. The molecular weight excluding hydrogens is 367 g/mol. The minimum absolute atomic E-state index is 0.0185. The first-order valence-corrected chi connectivity index (χ1v) is 8.41. The van der Waals surface area contributed by atoms with Crippen molar-refractivity contribution in [1.82, 2.24) is 14.9 Å². The first-order chi connectivity index (χ1) is 12.1. The third-order valence-corrected chi connectivity index (χ3v) is 3.70. The summed E-state index contributed by atoms with van der Waals surface area (Å²) in [5, 5.41) is 5.83. The van der Waals surface area contributed by atoms with E-state index in [0.29, 0.717) is 18.2 Å². The van der Waals surface area contributed by atoms with Crippen molar-refractivity contribution in [1.29, 1.82) is 0 Å². The highest BCUT2D eigenvalue weighted by Gasteiger charge is 2.34. The SMILES string of the molecule is Cc1cc(Nc2ccc(Cl)cc2C(F)(F)F)nc(NCCCN(C)C)n1. The Morgan fingerprint density at radius 2 is 1.88 bits per heavy atom. The molecule has 2 aromatic rings. The second-order valence-corrected chi connectivity index (χ2v) is 6.55. The molecule has 142 valence electrons. The molecule has 0 fully saturated rings. The van der Waals surface area contributed by atoms with Crippen LogP contribution in [0.5, 0.6) is 0 Å². The van der Waals surface area contributed by atoms with Gasteiger partial charge in [0.25, 0.3) is 0 Å². The van der Waals surface area contributed by atoms with E-state index in [1.165, 1.54) is 12.1 Å². The smallest absolute Gasteiger partial charge is 0.354 e. The Kier molecular flexibility index (Phi) is 6.66. The summed E-state index contributed by atoms with van der Waals surface area (Å²) in [7, 11) is 3.96. The van der Waals surface area contributed by atoms with Crippen LogP contribution in [0.15, 0.2) is 24.3 Å².